The van der Waals surface area contributed by atoms with Crippen molar-refractivity contribution in [3.8, 4) is 17.2 Å². The third-order valence-electron chi connectivity index (χ3n) is 9.46. The summed E-state index contributed by atoms with van der Waals surface area (Å²) < 4.78 is 17.4. The molecule has 2 aliphatic carbocycles. The topological polar surface area (TPSA) is 253 Å². The fraction of sp³-hybridized carbons (Fsp3) is 0.353. The lowest BCUT2D eigenvalue weighted by atomic mass is 9.71. The van der Waals surface area contributed by atoms with Crippen molar-refractivity contribution in [1.29, 1.82) is 0 Å². The highest BCUT2D eigenvalue weighted by Gasteiger charge is 2.49. The Hall–Kier alpha value is -5.26. The maximum Gasteiger partial charge on any atom is 0.271 e. The van der Waals surface area contributed by atoms with E-state index in [-0.39, 0.29) is 57.8 Å². The summed E-state index contributed by atoms with van der Waals surface area (Å²) >= 11 is 0. The van der Waals surface area contributed by atoms with Gasteiger partial charge in [-0.15, -0.1) is 0 Å². The van der Waals surface area contributed by atoms with Crippen molar-refractivity contribution in [2.24, 2.45) is 10.8 Å². The van der Waals surface area contributed by atoms with Gasteiger partial charge in [-0.1, -0.05) is 18.2 Å². The molecule has 16 heteroatoms. The van der Waals surface area contributed by atoms with Crippen LogP contribution >= 0.6 is 0 Å². The Kier molecular flexibility index (Phi) is 8.92. The number of rotatable bonds is 7. The van der Waals surface area contributed by atoms with Gasteiger partial charge in [-0.2, -0.15) is 5.10 Å². The molecule has 16 nitrogen and oxygen atoms in total. The minimum Gasteiger partial charge on any atom is -0.507 e. The quantitative estimate of drug-likeness (QED) is 0.0704. The first-order valence-electron chi connectivity index (χ1n) is 15.6. The highest BCUT2D eigenvalue weighted by Crippen LogP contribution is 2.52. The van der Waals surface area contributed by atoms with Gasteiger partial charge >= 0.3 is 0 Å². The van der Waals surface area contributed by atoms with Crippen molar-refractivity contribution in [1.82, 2.24) is 5.43 Å². The number of non-ortho nitro benzene ring substituents is 1. The fourth-order valence-corrected chi connectivity index (χ4v) is 6.73. The number of nitro groups is 1. The third-order valence-corrected chi connectivity index (χ3v) is 9.46. The van der Waals surface area contributed by atoms with Gasteiger partial charge in [0.1, 0.15) is 22.8 Å². The molecule has 1 heterocycles. The first kappa shape index (κ1) is 34.6. The average molecular weight is 691 g/mol. The summed E-state index contributed by atoms with van der Waals surface area (Å²) in [5, 5.41) is 61.1. The summed E-state index contributed by atoms with van der Waals surface area (Å²) in [4.78, 5) is 51.1. The Bertz CT molecular complexity index is 1970. The van der Waals surface area contributed by atoms with Crippen LogP contribution in [-0.4, -0.2) is 85.8 Å². The summed E-state index contributed by atoms with van der Waals surface area (Å²) in [6.45, 7) is 2.97. The molecule has 1 amide bonds. The number of carbonyl (C=O) groups is 3. The van der Waals surface area contributed by atoms with Gasteiger partial charge in [0.15, 0.2) is 12.1 Å². The van der Waals surface area contributed by atoms with Crippen molar-refractivity contribution in [3.05, 3.63) is 91.5 Å². The largest absolute Gasteiger partial charge is 0.507 e. The number of aliphatic hydroxyl groups excluding tert-OH is 1. The Labute approximate surface area is 284 Å². The number of methoxy groups -OCH3 is 1. The molecule has 1 fully saturated rings. The van der Waals surface area contributed by atoms with Gasteiger partial charge in [-0.3, -0.25) is 24.5 Å². The van der Waals surface area contributed by atoms with Gasteiger partial charge in [0, 0.05) is 59.7 Å². The Morgan fingerprint density at radius 1 is 1.12 bits per heavy atom. The summed E-state index contributed by atoms with van der Waals surface area (Å²) in [6, 6.07) is 8.55. The number of carbonyl (C=O) groups excluding carboxylic acids is 3. The van der Waals surface area contributed by atoms with Crippen LogP contribution in [0.5, 0.6) is 17.2 Å². The van der Waals surface area contributed by atoms with Gasteiger partial charge < -0.3 is 40.4 Å². The van der Waals surface area contributed by atoms with Crippen LogP contribution in [0.4, 0.5) is 5.69 Å². The Balaban J connectivity index is 1.43. The number of hydrogen-bond donors (Lipinski definition) is 6. The number of aromatic hydroxyl groups is 2. The Morgan fingerprint density at radius 3 is 2.50 bits per heavy atom. The second-order valence-electron chi connectivity index (χ2n) is 12.5. The molecule has 1 aliphatic heterocycles. The van der Waals surface area contributed by atoms with E-state index in [0.717, 1.165) is 6.07 Å². The van der Waals surface area contributed by atoms with Crippen LogP contribution in [0.1, 0.15) is 86.1 Å². The third kappa shape index (κ3) is 5.76. The lowest BCUT2D eigenvalue weighted by Crippen LogP contribution is -2.52. The van der Waals surface area contributed by atoms with Gasteiger partial charge in [0.25, 0.3) is 11.6 Å². The number of amides is 1. The van der Waals surface area contributed by atoms with Crippen LogP contribution < -0.4 is 15.9 Å². The molecule has 50 heavy (non-hydrogen) atoms. The number of hydrazone groups is 1. The minimum absolute atomic E-state index is 0.00177. The van der Waals surface area contributed by atoms with Crippen LogP contribution in [0.15, 0.2) is 47.6 Å². The number of nitrogens with one attached hydrogen (secondary N) is 1. The van der Waals surface area contributed by atoms with Crippen LogP contribution in [0.2, 0.25) is 0 Å². The van der Waals surface area contributed by atoms with Crippen molar-refractivity contribution in [3.63, 3.8) is 0 Å². The molecule has 0 radical (unpaired) electrons. The van der Waals surface area contributed by atoms with E-state index in [1.54, 1.807) is 6.92 Å². The Morgan fingerprint density at radius 2 is 1.82 bits per heavy atom. The number of aliphatic hydroxyl groups is 2. The number of phenols is 2. The summed E-state index contributed by atoms with van der Waals surface area (Å²) in [7, 11) is 1.32. The van der Waals surface area contributed by atoms with Crippen molar-refractivity contribution < 1.29 is 53.9 Å². The molecule has 6 atom stereocenters. The summed E-state index contributed by atoms with van der Waals surface area (Å²) in [5.41, 5.74) is 4.58. The zero-order valence-electron chi connectivity index (χ0n) is 27.1. The lowest BCUT2D eigenvalue weighted by Gasteiger charge is -2.42. The van der Waals surface area contributed by atoms with E-state index in [1.165, 1.54) is 50.4 Å². The summed E-state index contributed by atoms with van der Waals surface area (Å²) in [6.07, 6.45) is -4.97. The number of ether oxygens (including phenoxy) is 3. The molecule has 3 aliphatic rings. The molecule has 0 unspecified atom stereocenters. The first-order valence-corrected chi connectivity index (χ1v) is 15.6. The van der Waals surface area contributed by atoms with Gasteiger partial charge in [-0.25, -0.2) is 5.43 Å². The van der Waals surface area contributed by atoms with E-state index in [1.807, 2.05) is 0 Å². The number of fused-ring (bicyclic) bond motifs is 3. The van der Waals surface area contributed by atoms with Crippen LogP contribution in [-0.2, 0) is 15.9 Å². The highest BCUT2D eigenvalue weighted by atomic mass is 16.7. The van der Waals surface area contributed by atoms with E-state index >= 15 is 0 Å². The van der Waals surface area contributed by atoms with Crippen LogP contribution in [0, 0.1) is 10.1 Å². The molecule has 6 rings (SSSR count). The van der Waals surface area contributed by atoms with E-state index in [4.69, 9.17) is 19.9 Å². The molecule has 0 bridgehead atoms. The van der Waals surface area contributed by atoms with Gasteiger partial charge in [-0.05, 0) is 26.0 Å². The number of phenolic OH excluding ortho intramolecular Hbond substituents is 2. The molecule has 3 aromatic carbocycles. The predicted molar refractivity (Wildman–Crippen MR) is 173 cm³/mol. The average Bonchev–Trinajstić information content (AvgIpc) is 3.09. The molecule has 3 aromatic rings. The zero-order valence-corrected chi connectivity index (χ0v) is 27.1. The lowest BCUT2D eigenvalue weighted by molar-refractivity contribution is -0.384. The fourth-order valence-electron chi connectivity index (χ4n) is 6.73. The van der Waals surface area contributed by atoms with E-state index in [2.05, 4.69) is 10.5 Å². The number of nitrogens with two attached hydrogens (primary N) is 1. The monoisotopic (exact) mass is 690 g/mol. The standard InChI is InChI=1S/C34H34N4O12/c1-14-28(39)20(35)11-23(49-14)50-22-13-34(45,15(2)36-37-33(44)16-6-4-7-17(10-16)38(46)47)12-19-25(22)32(43)27-26(30(19)41)29(40)18-8-5-9-21(48-3)24(18)31(27)42/h4-10,14,20,22-23,28,39,41,43,45H,11-13,35H2,1-3H3,(H,37,44)/b36-15-/t14-,20-,22-,23+,28+,34+/m1/s1. The van der Waals surface area contributed by atoms with E-state index in [9.17, 15) is 44.9 Å². The van der Waals surface area contributed by atoms with Gasteiger partial charge in [0.2, 0.25) is 5.78 Å². The van der Waals surface area contributed by atoms with Crippen molar-refractivity contribution >= 4 is 28.9 Å². The number of benzene rings is 3. The minimum atomic E-state index is -2.00. The SMILES string of the molecule is COc1cccc2c1C(=O)c1c(O)c3c(c(O)c1C2=O)C[C@@](O)(/C(C)=N\NC(=O)c1cccc([N+](=O)[O-])c1)C[C@H]3O[C@H]1C[C@@H](N)[C@@H](O)[C@@H](C)O1. The smallest absolute Gasteiger partial charge is 0.271 e. The highest BCUT2D eigenvalue weighted by molar-refractivity contribution is 6.31. The molecule has 0 aromatic heterocycles. The molecule has 7 N–H and O–H groups in total. The van der Waals surface area contributed by atoms with Gasteiger partial charge in [0.05, 0.1) is 52.7 Å². The summed E-state index contributed by atoms with van der Waals surface area (Å²) in [5.74, 6) is -3.61. The van der Waals surface area contributed by atoms with Crippen molar-refractivity contribution in [2.45, 2.75) is 69.4 Å². The normalized spacial score (nSPS) is 26.0. The second kappa shape index (κ2) is 12.9. The zero-order chi connectivity index (χ0) is 36.2. The molecular weight excluding hydrogens is 656 g/mol. The molecule has 1 saturated heterocycles. The van der Waals surface area contributed by atoms with Crippen LogP contribution in [0.25, 0.3) is 0 Å². The molecule has 0 saturated carbocycles. The molecule has 0 spiro atoms. The molecular formula is C34H34N4O12. The first-order chi connectivity index (χ1) is 23.7. The maximum atomic E-state index is 13.9. The number of nitro benzene ring substituents is 1. The molecule has 262 valence electrons. The van der Waals surface area contributed by atoms with Crippen LogP contribution in [0.3, 0.4) is 0 Å². The van der Waals surface area contributed by atoms with E-state index < -0.39 is 87.7 Å². The number of nitrogens with zero attached hydrogens (tertiary/aromatic N) is 2. The van der Waals surface area contributed by atoms with E-state index in [0.29, 0.717) is 0 Å². The number of hydrogen-bond acceptors (Lipinski definition) is 14. The number of ketones is 2. The second-order valence-corrected chi connectivity index (χ2v) is 12.5. The maximum absolute atomic E-state index is 13.9. The van der Waals surface area contributed by atoms with Crippen molar-refractivity contribution in [2.75, 3.05) is 7.11 Å². The predicted octanol–water partition coefficient (Wildman–Crippen LogP) is 2.15.